The summed E-state index contributed by atoms with van der Waals surface area (Å²) in [6.07, 6.45) is 3.34. The third-order valence-electron chi connectivity index (χ3n) is 2.66. The average Bonchev–Trinajstić information content (AvgIpc) is 2.78. The van der Waals surface area contributed by atoms with E-state index < -0.39 is 11.3 Å². The van der Waals surface area contributed by atoms with E-state index in [1.165, 1.54) is 13.8 Å². The third kappa shape index (κ3) is 2.84. The smallest absolute Gasteiger partial charge is 0.242 e. The molecule has 1 aliphatic carbocycles. The highest BCUT2D eigenvalue weighted by atomic mass is 19.2. The van der Waals surface area contributed by atoms with Crippen molar-refractivity contribution in [2.75, 3.05) is 0 Å². The Hall–Kier alpha value is -1.32. The quantitative estimate of drug-likeness (QED) is 0.328. The predicted octanol–water partition coefficient (Wildman–Crippen LogP) is 2.88. The molecule has 16 heavy (non-hydrogen) atoms. The van der Waals surface area contributed by atoms with Gasteiger partial charge in [0.15, 0.2) is 0 Å². The molecule has 0 heterocycles. The molecule has 0 radical (unpaired) electrons. The van der Waals surface area contributed by atoms with Crippen LogP contribution in [0.1, 0.15) is 33.6 Å². The van der Waals surface area contributed by atoms with Gasteiger partial charge in [0, 0.05) is 13.8 Å². The average molecular weight is 226 g/mol. The van der Waals surface area contributed by atoms with Crippen molar-refractivity contribution in [3.63, 3.8) is 0 Å². The number of hydrogen-bond donors (Lipinski definition) is 2. The molecule has 0 aliphatic heterocycles. The van der Waals surface area contributed by atoms with Gasteiger partial charge in [-0.1, -0.05) is 6.58 Å². The van der Waals surface area contributed by atoms with E-state index in [1.54, 1.807) is 13.0 Å². The van der Waals surface area contributed by atoms with Crippen LogP contribution in [-0.2, 0) is 4.74 Å². The van der Waals surface area contributed by atoms with Gasteiger partial charge in [0.1, 0.15) is 5.84 Å². The summed E-state index contributed by atoms with van der Waals surface area (Å²) in [5, 5.41) is 7.49. The Labute approximate surface area is 95.7 Å². The van der Waals surface area contributed by atoms with E-state index in [0.717, 1.165) is 18.4 Å². The summed E-state index contributed by atoms with van der Waals surface area (Å²) in [4.78, 5) is 0. The van der Waals surface area contributed by atoms with Crippen molar-refractivity contribution >= 4 is 5.84 Å². The zero-order valence-corrected chi connectivity index (χ0v) is 10.1. The topological polar surface area (TPSA) is 59.1 Å². The highest BCUT2D eigenvalue weighted by Crippen LogP contribution is 2.51. The van der Waals surface area contributed by atoms with Crippen LogP contribution in [0.4, 0.5) is 4.39 Å². The number of ether oxygens (including phenoxy) is 1. The molecule has 0 unspecified atom stereocenters. The summed E-state index contributed by atoms with van der Waals surface area (Å²) >= 11 is 0. The van der Waals surface area contributed by atoms with Crippen LogP contribution >= 0.6 is 0 Å². The second-order valence-corrected chi connectivity index (χ2v) is 4.74. The zero-order valence-electron chi connectivity index (χ0n) is 10.1. The fourth-order valence-electron chi connectivity index (χ4n) is 1.68. The molecule has 1 fully saturated rings. The number of nitrogens with two attached hydrogens (primary N) is 1. The minimum Gasteiger partial charge on any atom is -0.463 e. The first-order valence-electron chi connectivity index (χ1n) is 5.27. The normalized spacial score (nSPS) is 19.1. The number of rotatable bonds is 5. The SMILES string of the molecule is C=C(/C=C(\C)OC(C)(C)F)C1(C(=N)N)CC1. The van der Waals surface area contributed by atoms with E-state index in [-0.39, 0.29) is 5.84 Å². The maximum atomic E-state index is 13.2. The van der Waals surface area contributed by atoms with Crippen LogP contribution in [0.2, 0.25) is 0 Å². The van der Waals surface area contributed by atoms with Crippen LogP contribution < -0.4 is 5.73 Å². The number of alkyl halides is 1. The summed E-state index contributed by atoms with van der Waals surface area (Å²) in [5.41, 5.74) is 5.84. The second-order valence-electron chi connectivity index (χ2n) is 4.74. The van der Waals surface area contributed by atoms with Crippen molar-refractivity contribution in [2.45, 2.75) is 39.5 Å². The summed E-state index contributed by atoms with van der Waals surface area (Å²) in [6.45, 7) is 8.23. The largest absolute Gasteiger partial charge is 0.463 e. The summed E-state index contributed by atoms with van der Waals surface area (Å²) in [7, 11) is 0. The Morgan fingerprint density at radius 3 is 2.38 bits per heavy atom. The van der Waals surface area contributed by atoms with E-state index in [4.69, 9.17) is 15.9 Å². The van der Waals surface area contributed by atoms with Gasteiger partial charge in [0.05, 0.1) is 11.2 Å². The van der Waals surface area contributed by atoms with Gasteiger partial charge in [0.25, 0.3) is 0 Å². The van der Waals surface area contributed by atoms with E-state index in [1.807, 2.05) is 0 Å². The van der Waals surface area contributed by atoms with Crippen LogP contribution in [0.25, 0.3) is 0 Å². The van der Waals surface area contributed by atoms with Gasteiger partial charge in [0.2, 0.25) is 5.85 Å². The lowest BCUT2D eigenvalue weighted by Gasteiger charge is -2.19. The molecule has 1 aliphatic rings. The fraction of sp³-hybridized carbons (Fsp3) is 0.583. The number of nitrogens with one attached hydrogen (secondary N) is 1. The summed E-state index contributed by atoms with van der Waals surface area (Å²) in [6, 6.07) is 0. The van der Waals surface area contributed by atoms with Crippen LogP contribution in [0, 0.1) is 10.8 Å². The molecular formula is C12H19FN2O. The van der Waals surface area contributed by atoms with Gasteiger partial charge in [-0.2, -0.15) is 4.39 Å². The first-order chi connectivity index (χ1) is 7.17. The lowest BCUT2D eigenvalue weighted by Crippen LogP contribution is -2.25. The molecule has 0 amide bonds. The van der Waals surface area contributed by atoms with Crippen molar-refractivity contribution in [3.05, 3.63) is 24.0 Å². The highest BCUT2D eigenvalue weighted by Gasteiger charge is 2.47. The molecule has 3 N–H and O–H groups in total. The molecule has 90 valence electrons. The Balaban J connectivity index is 2.71. The van der Waals surface area contributed by atoms with Crippen LogP contribution in [0.15, 0.2) is 24.0 Å². The first kappa shape index (κ1) is 12.7. The van der Waals surface area contributed by atoms with Gasteiger partial charge in [-0.05, 0) is 31.4 Å². The van der Waals surface area contributed by atoms with Gasteiger partial charge >= 0.3 is 0 Å². The standard InChI is InChI=1S/C12H19FN2O/c1-8(12(5-6-12)10(14)15)7-9(2)16-11(3,4)13/h7H,1,5-6H2,2-4H3,(H3,14,15)/b9-7+. The van der Waals surface area contributed by atoms with E-state index >= 15 is 0 Å². The molecule has 1 saturated carbocycles. The van der Waals surface area contributed by atoms with E-state index in [2.05, 4.69) is 6.58 Å². The van der Waals surface area contributed by atoms with E-state index in [0.29, 0.717) is 5.76 Å². The van der Waals surface area contributed by atoms with Crippen molar-refractivity contribution in [3.8, 4) is 0 Å². The minimum absolute atomic E-state index is 0.126. The minimum atomic E-state index is -1.70. The monoisotopic (exact) mass is 226 g/mol. The Morgan fingerprint density at radius 2 is 2.06 bits per heavy atom. The molecule has 0 bridgehead atoms. The number of halogens is 1. The maximum absolute atomic E-state index is 13.2. The van der Waals surface area contributed by atoms with Crippen molar-refractivity contribution in [1.29, 1.82) is 5.41 Å². The fourth-order valence-corrected chi connectivity index (χ4v) is 1.68. The Morgan fingerprint density at radius 1 is 1.56 bits per heavy atom. The van der Waals surface area contributed by atoms with Gasteiger partial charge in [-0.15, -0.1) is 0 Å². The number of amidine groups is 1. The molecule has 0 spiro atoms. The second kappa shape index (κ2) is 3.92. The van der Waals surface area contributed by atoms with Gasteiger partial charge in [-0.3, -0.25) is 5.41 Å². The van der Waals surface area contributed by atoms with Crippen LogP contribution in [0.5, 0.6) is 0 Å². The Bertz CT molecular complexity index is 349. The number of hydrogen-bond acceptors (Lipinski definition) is 2. The van der Waals surface area contributed by atoms with Gasteiger partial charge < -0.3 is 10.5 Å². The Kier molecular flexibility index (Phi) is 3.13. The predicted molar refractivity (Wildman–Crippen MR) is 62.8 cm³/mol. The zero-order chi connectivity index (χ0) is 12.6. The lowest BCUT2D eigenvalue weighted by molar-refractivity contribution is -0.0782. The highest BCUT2D eigenvalue weighted by molar-refractivity contribution is 5.90. The molecule has 0 aromatic heterocycles. The van der Waals surface area contributed by atoms with Crippen molar-refractivity contribution in [1.82, 2.24) is 0 Å². The molecule has 0 saturated heterocycles. The molecular weight excluding hydrogens is 207 g/mol. The number of allylic oxidation sites excluding steroid dienone is 2. The first-order valence-corrected chi connectivity index (χ1v) is 5.27. The maximum Gasteiger partial charge on any atom is 0.242 e. The molecule has 4 heteroatoms. The molecule has 0 atom stereocenters. The summed E-state index contributed by atoms with van der Waals surface area (Å²) < 4.78 is 18.2. The van der Waals surface area contributed by atoms with Crippen LogP contribution in [-0.4, -0.2) is 11.7 Å². The van der Waals surface area contributed by atoms with Gasteiger partial charge in [-0.25, -0.2) is 0 Å². The van der Waals surface area contributed by atoms with Crippen molar-refractivity contribution in [2.24, 2.45) is 11.1 Å². The van der Waals surface area contributed by atoms with Crippen LogP contribution in [0.3, 0.4) is 0 Å². The molecule has 1 rings (SSSR count). The molecule has 0 aromatic rings. The van der Waals surface area contributed by atoms with Crippen molar-refractivity contribution < 1.29 is 9.13 Å². The third-order valence-corrected chi connectivity index (χ3v) is 2.66. The molecule has 0 aromatic carbocycles. The lowest BCUT2D eigenvalue weighted by atomic mass is 9.95. The molecule has 3 nitrogen and oxygen atoms in total. The van der Waals surface area contributed by atoms with E-state index in [9.17, 15) is 4.39 Å². The summed E-state index contributed by atoms with van der Waals surface area (Å²) in [5.74, 6) is -1.13.